The molecule has 2 aromatic carbocycles. The van der Waals surface area contributed by atoms with Crippen molar-refractivity contribution in [3.8, 4) is 0 Å². The molecule has 1 aliphatic heterocycles. The molecule has 3 aromatic rings. The fourth-order valence-electron chi connectivity index (χ4n) is 10.5. The summed E-state index contributed by atoms with van der Waals surface area (Å²) in [4.78, 5) is 47.8. The molecule has 2 heterocycles. The Bertz CT molecular complexity index is 1980. The first-order chi connectivity index (χ1) is 24.0. The Kier molecular flexibility index (Phi) is 8.68. The average molecular weight is 723 g/mol. The number of carboxylic acid groups (broad SMARTS) is 1. The van der Waals surface area contributed by atoms with E-state index in [2.05, 4.69) is 0 Å². The van der Waals surface area contributed by atoms with Gasteiger partial charge >= 0.3 is 5.97 Å². The number of rotatable bonds is 6. The summed E-state index contributed by atoms with van der Waals surface area (Å²) in [6.07, 6.45) is 2.14. The summed E-state index contributed by atoms with van der Waals surface area (Å²) in [6, 6.07) is 12.8. The van der Waals surface area contributed by atoms with Gasteiger partial charge in [-0.15, -0.1) is 11.6 Å². The van der Waals surface area contributed by atoms with E-state index >= 15 is 4.39 Å². The third-order valence-corrected chi connectivity index (χ3v) is 13.1. The van der Waals surface area contributed by atoms with Crippen molar-refractivity contribution in [3.63, 3.8) is 0 Å². The van der Waals surface area contributed by atoms with Gasteiger partial charge in [0.05, 0.1) is 24.5 Å². The van der Waals surface area contributed by atoms with E-state index in [1.54, 1.807) is 38.1 Å². The Morgan fingerprint density at radius 3 is 2.43 bits per heavy atom. The van der Waals surface area contributed by atoms with Gasteiger partial charge in [-0.1, -0.05) is 37.6 Å². The Labute approximate surface area is 300 Å². The molecule has 4 aliphatic carbocycles. The Balaban J connectivity index is 0.000000175. The maximum Gasteiger partial charge on any atom is 0.303 e. The number of ether oxygens (including phenoxy) is 2. The molecule has 8 rings (SSSR count). The number of ketones is 3. The van der Waals surface area contributed by atoms with Crippen molar-refractivity contribution in [1.82, 2.24) is 0 Å². The number of aliphatic hydroxyl groups is 1. The third-order valence-electron chi connectivity index (χ3n) is 12.8. The molecule has 0 amide bonds. The van der Waals surface area contributed by atoms with Gasteiger partial charge in [0.25, 0.3) is 0 Å². The van der Waals surface area contributed by atoms with Crippen molar-refractivity contribution in [2.24, 2.45) is 22.7 Å². The van der Waals surface area contributed by atoms with Gasteiger partial charge in [-0.2, -0.15) is 0 Å². The van der Waals surface area contributed by atoms with Gasteiger partial charge < -0.3 is 24.1 Å². The smallest absolute Gasteiger partial charge is 0.303 e. The van der Waals surface area contributed by atoms with Crippen molar-refractivity contribution >= 4 is 56.9 Å². The maximum atomic E-state index is 17.2. The zero-order valence-electron chi connectivity index (χ0n) is 29.3. The molecule has 0 radical (unpaired) electrons. The van der Waals surface area contributed by atoms with Gasteiger partial charge in [-0.05, 0) is 82.2 Å². The molecule has 5 aliphatic rings. The number of fused-ring (bicyclic) bond motifs is 10. The number of furan rings is 1. The van der Waals surface area contributed by atoms with Crippen molar-refractivity contribution in [1.29, 1.82) is 0 Å². The van der Waals surface area contributed by atoms with Gasteiger partial charge in [-0.3, -0.25) is 19.2 Å². The van der Waals surface area contributed by atoms with Crippen LogP contribution in [0.4, 0.5) is 4.39 Å². The summed E-state index contributed by atoms with van der Waals surface area (Å²) >= 11 is 6.05. The fourth-order valence-corrected chi connectivity index (χ4v) is 10.7. The minimum atomic E-state index is -1.86. The number of aliphatic carboxylic acids is 1. The number of aliphatic hydroxyl groups excluding tert-OH is 1. The van der Waals surface area contributed by atoms with Crippen LogP contribution in [0.2, 0.25) is 0 Å². The number of halogens is 2. The fraction of sp³-hybridized carbons (Fsp3) is 0.550. The van der Waals surface area contributed by atoms with Crippen LogP contribution in [-0.2, 0) is 23.9 Å². The molecule has 272 valence electrons. The van der Waals surface area contributed by atoms with Crippen molar-refractivity contribution in [2.45, 2.75) is 108 Å². The lowest BCUT2D eigenvalue weighted by Gasteiger charge is -2.63. The molecule has 11 heteroatoms. The highest BCUT2D eigenvalue weighted by atomic mass is 35.5. The molecule has 0 spiro atoms. The second-order valence-electron chi connectivity index (χ2n) is 15.9. The maximum absolute atomic E-state index is 17.2. The molecular formula is C40H44ClFO9. The highest BCUT2D eigenvalue weighted by Crippen LogP contribution is 2.72. The number of carboxylic acids is 1. The van der Waals surface area contributed by atoms with Crippen molar-refractivity contribution in [2.75, 3.05) is 5.88 Å². The molecule has 3 saturated carbocycles. The van der Waals surface area contributed by atoms with Gasteiger partial charge in [0.2, 0.25) is 0 Å². The minimum Gasteiger partial charge on any atom is -0.481 e. The molecule has 4 fully saturated rings. The molecule has 51 heavy (non-hydrogen) atoms. The zero-order chi connectivity index (χ0) is 36.7. The van der Waals surface area contributed by atoms with Crippen LogP contribution in [0.5, 0.6) is 0 Å². The van der Waals surface area contributed by atoms with E-state index in [0.29, 0.717) is 37.7 Å². The van der Waals surface area contributed by atoms with Gasteiger partial charge in [-0.25, -0.2) is 4.39 Å². The third kappa shape index (κ3) is 5.26. The Hall–Kier alpha value is -3.44. The SMILES string of the molecule is CC1(C)O[C@@H]2C[C@H]3[C@@H]4CCC5=CC(=O)CC[C@]5(C)[C@@]4(F)[C@@H](O)C[C@]3(C)[C@]2(C(=O)CCl)O1.O=C(O)CCC(=O)c1ccc2oc3ccccc3c2c1. The quantitative estimate of drug-likeness (QED) is 0.195. The van der Waals surface area contributed by atoms with Crippen LogP contribution in [0.1, 0.15) is 89.4 Å². The van der Waals surface area contributed by atoms with Crippen LogP contribution in [0.15, 0.2) is 58.5 Å². The number of hydrogen-bond donors (Lipinski definition) is 2. The second-order valence-corrected chi connectivity index (χ2v) is 16.2. The average Bonchev–Trinajstić information content (AvgIpc) is 3.67. The summed E-state index contributed by atoms with van der Waals surface area (Å²) in [5.74, 6) is -3.15. The second kappa shape index (κ2) is 12.3. The van der Waals surface area contributed by atoms with E-state index < -0.39 is 52.0 Å². The van der Waals surface area contributed by atoms with E-state index in [1.807, 2.05) is 38.1 Å². The van der Waals surface area contributed by atoms with Gasteiger partial charge in [0.15, 0.2) is 28.7 Å². The molecule has 1 aromatic heterocycles. The summed E-state index contributed by atoms with van der Waals surface area (Å²) < 4.78 is 35.4. The molecule has 0 unspecified atom stereocenters. The number of carbonyl (C=O) groups excluding carboxylic acids is 3. The molecule has 0 bridgehead atoms. The minimum absolute atomic E-state index is 0.0105. The van der Waals surface area contributed by atoms with Crippen molar-refractivity contribution < 1.29 is 47.7 Å². The number of Topliss-reactive ketones (excluding diaryl/α,β-unsaturated/α-hetero) is 2. The van der Waals surface area contributed by atoms with Crippen LogP contribution >= 0.6 is 11.6 Å². The number of alkyl halides is 2. The van der Waals surface area contributed by atoms with E-state index in [-0.39, 0.29) is 48.4 Å². The largest absolute Gasteiger partial charge is 0.481 e. The zero-order valence-corrected chi connectivity index (χ0v) is 30.1. The highest BCUT2D eigenvalue weighted by Gasteiger charge is 2.80. The molecule has 8 atom stereocenters. The lowest BCUT2D eigenvalue weighted by atomic mass is 9.44. The first-order valence-electron chi connectivity index (χ1n) is 17.7. The predicted octanol–water partition coefficient (Wildman–Crippen LogP) is 7.52. The van der Waals surface area contributed by atoms with Crippen LogP contribution in [0, 0.1) is 22.7 Å². The lowest BCUT2D eigenvalue weighted by Crippen LogP contribution is -2.70. The van der Waals surface area contributed by atoms with E-state index in [1.165, 1.54) is 0 Å². The highest BCUT2D eigenvalue weighted by molar-refractivity contribution is 6.29. The normalized spacial score (nSPS) is 36.3. The number of benzene rings is 2. The van der Waals surface area contributed by atoms with E-state index in [4.69, 9.17) is 30.6 Å². The summed E-state index contributed by atoms with van der Waals surface area (Å²) in [5, 5.41) is 21.9. The van der Waals surface area contributed by atoms with E-state index in [9.17, 15) is 24.3 Å². The Morgan fingerprint density at radius 1 is 0.980 bits per heavy atom. The molecular weight excluding hydrogens is 679 g/mol. The first kappa shape index (κ1) is 35.9. The number of allylic oxidation sites excluding steroid dienone is 1. The topological polar surface area (TPSA) is 140 Å². The van der Waals surface area contributed by atoms with Gasteiger partial charge in [0.1, 0.15) is 16.8 Å². The predicted molar refractivity (Wildman–Crippen MR) is 187 cm³/mol. The number of carbonyl (C=O) groups is 4. The summed E-state index contributed by atoms with van der Waals surface area (Å²) in [6.45, 7) is 7.38. The van der Waals surface area contributed by atoms with E-state index in [0.717, 1.165) is 27.5 Å². The monoisotopic (exact) mass is 722 g/mol. The van der Waals surface area contributed by atoms with Crippen molar-refractivity contribution in [3.05, 3.63) is 59.7 Å². The van der Waals surface area contributed by atoms with Crippen LogP contribution < -0.4 is 0 Å². The number of para-hydroxylation sites is 1. The molecule has 2 N–H and O–H groups in total. The van der Waals surface area contributed by atoms with Gasteiger partial charge in [0, 0.05) is 45.9 Å². The molecule has 9 nitrogen and oxygen atoms in total. The van der Waals surface area contributed by atoms with Crippen LogP contribution in [0.25, 0.3) is 21.9 Å². The standard InChI is InChI=1S/C24H32ClFO5.C16H12O4/c1-20(2)30-19-10-16-15-6-5-13-9-14(27)7-8-21(13,3)23(15,26)17(28)11-22(16,4)24(19,31-20)18(29)12-25;17-13(6-8-16(18)19)10-5-7-15-12(9-10)11-3-1-2-4-14(11)20-15/h9,15-17,19,28H,5-8,10-12H2,1-4H3;1-5,7,9H,6,8H2,(H,18,19)/t15-,16-,17-,19+,21-,22-,23-,24+;/m0./s1. The van der Waals surface area contributed by atoms with Crippen LogP contribution in [-0.4, -0.2) is 68.7 Å². The Morgan fingerprint density at radius 2 is 1.71 bits per heavy atom. The summed E-state index contributed by atoms with van der Waals surface area (Å²) in [5.41, 5.74) is -1.98. The summed E-state index contributed by atoms with van der Waals surface area (Å²) in [7, 11) is 0. The molecule has 1 saturated heterocycles. The van der Waals surface area contributed by atoms with Crippen LogP contribution in [0.3, 0.4) is 0 Å². The first-order valence-corrected chi connectivity index (χ1v) is 18.3. The number of hydrogen-bond acceptors (Lipinski definition) is 8. The lowest BCUT2D eigenvalue weighted by molar-refractivity contribution is -0.250.